The van der Waals surface area contributed by atoms with Gasteiger partial charge in [-0.15, -0.1) is 0 Å². The second-order valence-electron chi connectivity index (χ2n) is 6.04. The first-order valence-electron chi connectivity index (χ1n) is 8.66. The van der Waals surface area contributed by atoms with Crippen LogP contribution in [0.5, 0.6) is 17.2 Å². The molecular formula is C20H17ClN2O4S. The molecule has 28 heavy (non-hydrogen) atoms. The fraction of sp³-hybridized carbons (Fsp3) is 0.200. The van der Waals surface area contributed by atoms with Gasteiger partial charge in [-0.2, -0.15) is 0 Å². The molecule has 0 bridgehead atoms. The highest BCUT2D eigenvalue weighted by molar-refractivity contribution is 8.18. The minimum atomic E-state index is -0.219. The topological polar surface area (TPSA) is 69.2 Å². The molecule has 1 N–H and O–H groups in total. The second-order valence-corrected chi connectivity index (χ2v) is 7.48. The lowest BCUT2D eigenvalue weighted by molar-refractivity contribution is -0.115. The predicted octanol–water partition coefficient (Wildman–Crippen LogP) is 4.67. The van der Waals surface area contributed by atoms with Gasteiger partial charge in [0.15, 0.2) is 16.7 Å². The van der Waals surface area contributed by atoms with Gasteiger partial charge in [0.05, 0.1) is 17.2 Å². The van der Waals surface area contributed by atoms with Crippen LogP contribution in [0.3, 0.4) is 0 Å². The number of amides is 1. The van der Waals surface area contributed by atoms with Gasteiger partial charge in [-0.3, -0.25) is 4.79 Å². The van der Waals surface area contributed by atoms with Gasteiger partial charge in [0, 0.05) is 16.7 Å². The summed E-state index contributed by atoms with van der Waals surface area (Å²) in [6.07, 6.45) is 1.76. The number of hydrogen-bond donors (Lipinski definition) is 1. The highest BCUT2D eigenvalue weighted by atomic mass is 35.5. The van der Waals surface area contributed by atoms with E-state index >= 15 is 0 Å². The summed E-state index contributed by atoms with van der Waals surface area (Å²) < 4.78 is 16.5. The molecule has 2 aliphatic heterocycles. The number of ether oxygens (including phenoxy) is 3. The van der Waals surface area contributed by atoms with Gasteiger partial charge in [-0.25, -0.2) is 4.99 Å². The molecule has 0 saturated carbocycles. The Labute approximate surface area is 171 Å². The Hall–Kier alpha value is -2.64. The molecular weight excluding hydrogens is 400 g/mol. The van der Waals surface area contributed by atoms with Crippen molar-refractivity contribution < 1.29 is 19.0 Å². The third-order valence-corrected chi connectivity index (χ3v) is 5.52. The van der Waals surface area contributed by atoms with Crippen LogP contribution in [0.2, 0.25) is 5.02 Å². The summed E-state index contributed by atoms with van der Waals surface area (Å²) >= 11 is 7.41. The SMILES string of the molecule is CCOc1cc2c(cc1/C=C1/SC(=Nc3cccc(Cl)c3C)NC1=O)OCO2. The largest absolute Gasteiger partial charge is 0.493 e. The van der Waals surface area contributed by atoms with Gasteiger partial charge in [-0.05, 0) is 55.4 Å². The number of amidine groups is 1. The number of fused-ring (bicyclic) bond motifs is 1. The van der Waals surface area contributed by atoms with E-state index in [9.17, 15) is 4.79 Å². The van der Waals surface area contributed by atoms with Crippen molar-refractivity contribution in [1.29, 1.82) is 0 Å². The number of aliphatic imine (C=N–C) groups is 1. The quantitative estimate of drug-likeness (QED) is 0.733. The van der Waals surface area contributed by atoms with Crippen LogP contribution in [0.15, 0.2) is 40.2 Å². The molecule has 0 aliphatic carbocycles. The molecule has 144 valence electrons. The molecule has 0 radical (unpaired) electrons. The predicted molar refractivity (Wildman–Crippen MR) is 111 cm³/mol. The second kappa shape index (κ2) is 7.77. The number of thioether (sulfide) groups is 1. The van der Waals surface area contributed by atoms with Crippen molar-refractivity contribution in [3.8, 4) is 17.2 Å². The average Bonchev–Trinajstić information content (AvgIpc) is 3.25. The number of nitrogens with one attached hydrogen (secondary N) is 1. The monoisotopic (exact) mass is 416 g/mol. The van der Waals surface area contributed by atoms with E-state index in [1.165, 1.54) is 11.8 Å². The van der Waals surface area contributed by atoms with E-state index in [1.807, 2.05) is 32.0 Å². The molecule has 0 atom stereocenters. The summed E-state index contributed by atoms with van der Waals surface area (Å²) in [7, 11) is 0. The fourth-order valence-electron chi connectivity index (χ4n) is 2.78. The number of rotatable bonds is 4. The summed E-state index contributed by atoms with van der Waals surface area (Å²) in [6.45, 7) is 4.46. The van der Waals surface area contributed by atoms with E-state index in [2.05, 4.69) is 10.3 Å². The molecule has 4 rings (SSSR count). The number of carbonyl (C=O) groups excluding carboxylic acids is 1. The molecule has 1 amide bonds. The molecule has 0 aromatic heterocycles. The van der Waals surface area contributed by atoms with Crippen LogP contribution in [0.1, 0.15) is 18.1 Å². The Morgan fingerprint density at radius 3 is 2.89 bits per heavy atom. The Kier molecular flexibility index (Phi) is 5.19. The highest BCUT2D eigenvalue weighted by Gasteiger charge is 2.25. The van der Waals surface area contributed by atoms with Crippen molar-refractivity contribution in [3.05, 3.63) is 51.4 Å². The van der Waals surface area contributed by atoms with Crippen molar-refractivity contribution in [2.75, 3.05) is 13.4 Å². The zero-order valence-corrected chi connectivity index (χ0v) is 16.8. The zero-order valence-electron chi connectivity index (χ0n) is 15.2. The van der Waals surface area contributed by atoms with Crippen LogP contribution in [0.25, 0.3) is 6.08 Å². The molecule has 2 aliphatic rings. The van der Waals surface area contributed by atoms with Gasteiger partial charge in [0.1, 0.15) is 5.75 Å². The van der Waals surface area contributed by atoms with Crippen LogP contribution in [0.4, 0.5) is 5.69 Å². The lowest BCUT2D eigenvalue weighted by Gasteiger charge is -2.09. The molecule has 8 heteroatoms. The number of benzene rings is 2. The van der Waals surface area contributed by atoms with Gasteiger partial charge < -0.3 is 19.5 Å². The zero-order chi connectivity index (χ0) is 19.7. The molecule has 6 nitrogen and oxygen atoms in total. The summed E-state index contributed by atoms with van der Waals surface area (Å²) in [5, 5.41) is 3.92. The minimum Gasteiger partial charge on any atom is -0.493 e. The van der Waals surface area contributed by atoms with Crippen molar-refractivity contribution in [1.82, 2.24) is 5.32 Å². The maximum Gasteiger partial charge on any atom is 0.264 e. The smallest absolute Gasteiger partial charge is 0.264 e. The molecule has 1 saturated heterocycles. The van der Waals surface area contributed by atoms with E-state index in [-0.39, 0.29) is 12.7 Å². The first-order valence-corrected chi connectivity index (χ1v) is 9.85. The van der Waals surface area contributed by atoms with Crippen molar-refractivity contribution in [3.63, 3.8) is 0 Å². The summed E-state index contributed by atoms with van der Waals surface area (Å²) in [4.78, 5) is 17.5. The lowest BCUT2D eigenvalue weighted by Crippen LogP contribution is -2.19. The van der Waals surface area contributed by atoms with Crippen molar-refractivity contribution in [2.24, 2.45) is 4.99 Å². The van der Waals surface area contributed by atoms with Crippen LogP contribution in [-0.4, -0.2) is 24.5 Å². The maximum absolute atomic E-state index is 12.4. The minimum absolute atomic E-state index is 0.173. The van der Waals surface area contributed by atoms with E-state index in [4.69, 9.17) is 25.8 Å². The normalized spacial score (nSPS) is 18.0. The highest BCUT2D eigenvalue weighted by Crippen LogP contribution is 2.40. The van der Waals surface area contributed by atoms with Crippen LogP contribution in [-0.2, 0) is 4.79 Å². The molecule has 2 aromatic carbocycles. The Morgan fingerprint density at radius 1 is 1.32 bits per heavy atom. The van der Waals surface area contributed by atoms with E-state index in [1.54, 1.807) is 18.2 Å². The first-order chi connectivity index (χ1) is 13.5. The van der Waals surface area contributed by atoms with Crippen LogP contribution >= 0.6 is 23.4 Å². The van der Waals surface area contributed by atoms with Crippen molar-refractivity contribution in [2.45, 2.75) is 13.8 Å². The third kappa shape index (κ3) is 3.68. The van der Waals surface area contributed by atoms with Crippen molar-refractivity contribution >= 4 is 46.2 Å². The molecule has 2 heterocycles. The van der Waals surface area contributed by atoms with Gasteiger partial charge in [-0.1, -0.05) is 17.7 Å². The number of halogens is 1. The summed E-state index contributed by atoms with van der Waals surface area (Å²) in [5.74, 6) is 1.67. The third-order valence-electron chi connectivity index (χ3n) is 4.20. The fourth-order valence-corrected chi connectivity index (χ4v) is 3.78. The number of carbonyl (C=O) groups is 1. The van der Waals surface area contributed by atoms with E-state index in [0.29, 0.717) is 39.0 Å². The molecule has 0 unspecified atom stereocenters. The standard InChI is InChI=1S/C20H17ClN2O4S/c1-3-25-15-9-17-16(26-10-27-17)7-12(15)8-18-19(24)23-20(28-18)22-14-6-4-5-13(21)11(14)2/h4-9H,3,10H2,1-2H3,(H,22,23,24)/b18-8+. The lowest BCUT2D eigenvalue weighted by atomic mass is 10.1. The molecule has 2 aromatic rings. The van der Waals surface area contributed by atoms with Crippen LogP contribution in [0, 0.1) is 6.92 Å². The van der Waals surface area contributed by atoms with E-state index < -0.39 is 0 Å². The molecule has 1 fully saturated rings. The number of nitrogens with zero attached hydrogens (tertiary/aromatic N) is 1. The number of hydrogen-bond acceptors (Lipinski definition) is 6. The first kappa shape index (κ1) is 18.7. The Morgan fingerprint density at radius 2 is 2.11 bits per heavy atom. The Balaban J connectivity index is 1.65. The summed E-state index contributed by atoms with van der Waals surface area (Å²) in [6, 6.07) is 9.08. The Bertz CT molecular complexity index is 1020. The van der Waals surface area contributed by atoms with E-state index in [0.717, 1.165) is 16.8 Å². The summed E-state index contributed by atoms with van der Waals surface area (Å²) in [5.41, 5.74) is 2.32. The molecule has 0 spiro atoms. The van der Waals surface area contributed by atoms with Gasteiger partial charge in [0.25, 0.3) is 5.91 Å². The van der Waals surface area contributed by atoms with Gasteiger partial charge >= 0.3 is 0 Å². The maximum atomic E-state index is 12.4. The average molecular weight is 417 g/mol. The van der Waals surface area contributed by atoms with Gasteiger partial charge in [0.2, 0.25) is 6.79 Å². The van der Waals surface area contributed by atoms with Crippen LogP contribution < -0.4 is 19.5 Å².